The van der Waals surface area contributed by atoms with Gasteiger partial charge >= 0.3 is 0 Å². The Kier molecular flexibility index (Phi) is 6.32. The minimum Gasteiger partial charge on any atom is -0.493 e. The summed E-state index contributed by atoms with van der Waals surface area (Å²) in [4.78, 5) is 0. The molecule has 1 aromatic carbocycles. The van der Waals surface area contributed by atoms with Crippen molar-refractivity contribution in [2.45, 2.75) is 6.42 Å². The van der Waals surface area contributed by atoms with E-state index >= 15 is 0 Å². The second kappa shape index (κ2) is 7.79. The first-order chi connectivity index (χ1) is 8.76. The van der Waals surface area contributed by atoms with Crippen LogP contribution in [0.1, 0.15) is 5.56 Å². The first-order valence-electron chi connectivity index (χ1n) is 5.62. The molecule has 5 nitrogen and oxygen atoms in total. The van der Waals surface area contributed by atoms with E-state index < -0.39 is 0 Å². The summed E-state index contributed by atoms with van der Waals surface area (Å²) in [5, 5.41) is 0. The third kappa shape index (κ3) is 3.78. The van der Waals surface area contributed by atoms with Gasteiger partial charge < -0.3 is 23.7 Å². The van der Waals surface area contributed by atoms with Crippen molar-refractivity contribution in [3.05, 3.63) is 17.7 Å². The van der Waals surface area contributed by atoms with E-state index in [2.05, 4.69) is 0 Å². The minimum absolute atomic E-state index is 0.296. The second-order valence-electron chi connectivity index (χ2n) is 3.60. The smallest absolute Gasteiger partial charge is 0.203 e. The Morgan fingerprint density at radius 1 is 0.889 bits per heavy atom. The van der Waals surface area contributed by atoms with Gasteiger partial charge in [0.25, 0.3) is 0 Å². The maximum atomic E-state index is 5.28. The fourth-order valence-electron chi connectivity index (χ4n) is 1.61. The minimum atomic E-state index is 0.296. The van der Waals surface area contributed by atoms with Gasteiger partial charge in [0.05, 0.1) is 27.9 Å². The van der Waals surface area contributed by atoms with Crippen molar-refractivity contribution < 1.29 is 23.7 Å². The molecule has 1 rings (SSSR count). The molecule has 0 aromatic heterocycles. The van der Waals surface area contributed by atoms with Gasteiger partial charge in [-0.1, -0.05) is 0 Å². The van der Waals surface area contributed by atoms with Crippen molar-refractivity contribution in [3.63, 3.8) is 0 Å². The average Bonchev–Trinajstić information content (AvgIpc) is 2.42. The zero-order valence-electron chi connectivity index (χ0n) is 11.3. The molecule has 0 aliphatic carbocycles. The Labute approximate surface area is 108 Å². The maximum absolute atomic E-state index is 5.28. The summed E-state index contributed by atoms with van der Waals surface area (Å²) in [5.74, 6) is 1.90. The van der Waals surface area contributed by atoms with Crippen molar-refractivity contribution in [2.24, 2.45) is 0 Å². The van der Waals surface area contributed by atoms with Gasteiger partial charge in [-0.25, -0.2) is 0 Å². The normalized spacial score (nSPS) is 10.2. The van der Waals surface area contributed by atoms with Gasteiger partial charge in [0.2, 0.25) is 5.75 Å². The van der Waals surface area contributed by atoms with E-state index in [9.17, 15) is 0 Å². The summed E-state index contributed by atoms with van der Waals surface area (Å²) in [6, 6.07) is 3.83. The lowest BCUT2D eigenvalue weighted by Gasteiger charge is -2.14. The largest absolute Gasteiger partial charge is 0.493 e. The number of rotatable bonds is 8. The Balaban J connectivity index is 2.80. The van der Waals surface area contributed by atoms with E-state index in [1.165, 1.54) is 0 Å². The fourth-order valence-corrected chi connectivity index (χ4v) is 1.61. The van der Waals surface area contributed by atoms with Crippen LogP contribution in [-0.2, 0) is 15.9 Å². The molecule has 0 radical (unpaired) electrons. The highest BCUT2D eigenvalue weighted by Gasteiger charge is 2.12. The van der Waals surface area contributed by atoms with Gasteiger partial charge in [-0.2, -0.15) is 0 Å². The lowest BCUT2D eigenvalue weighted by Crippen LogP contribution is -2.03. The molecule has 0 bridgehead atoms. The molecule has 0 aliphatic heterocycles. The van der Waals surface area contributed by atoms with E-state index in [1.807, 2.05) is 12.1 Å². The summed E-state index contributed by atoms with van der Waals surface area (Å²) >= 11 is 0. The van der Waals surface area contributed by atoms with E-state index in [0.29, 0.717) is 30.6 Å². The molecular weight excluding hydrogens is 236 g/mol. The van der Waals surface area contributed by atoms with Gasteiger partial charge in [0.1, 0.15) is 6.79 Å². The van der Waals surface area contributed by atoms with Crippen molar-refractivity contribution in [3.8, 4) is 17.2 Å². The Hall–Kier alpha value is -1.46. The number of hydrogen-bond acceptors (Lipinski definition) is 5. The molecule has 0 amide bonds. The van der Waals surface area contributed by atoms with Gasteiger partial charge in [0, 0.05) is 7.11 Å². The van der Waals surface area contributed by atoms with Crippen molar-refractivity contribution >= 4 is 0 Å². The van der Waals surface area contributed by atoms with E-state index in [-0.39, 0.29) is 0 Å². The molecule has 1 aromatic rings. The summed E-state index contributed by atoms with van der Waals surface area (Å²) < 4.78 is 25.9. The lowest BCUT2D eigenvalue weighted by molar-refractivity contribution is -0.0291. The molecule has 0 unspecified atom stereocenters. The zero-order valence-corrected chi connectivity index (χ0v) is 11.3. The van der Waals surface area contributed by atoms with Crippen LogP contribution in [0.15, 0.2) is 12.1 Å². The molecule has 5 heteroatoms. The van der Waals surface area contributed by atoms with E-state index in [0.717, 1.165) is 12.0 Å². The molecule has 0 atom stereocenters. The SMILES string of the molecule is COCOCCc1cc(OC)c(OC)c(OC)c1. The third-order valence-electron chi connectivity index (χ3n) is 2.46. The van der Waals surface area contributed by atoms with Crippen LogP contribution in [0.2, 0.25) is 0 Å². The maximum Gasteiger partial charge on any atom is 0.203 e. The molecule has 0 N–H and O–H groups in total. The van der Waals surface area contributed by atoms with Gasteiger partial charge in [0.15, 0.2) is 11.5 Å². The third-order valence-corrected chi connectivity index (χ3v) is 2.46. The summed E-state index contributed by atoms with van der Waals surface area (Å²) in [6.45, 7) is 0.872. The highest BCUT2D eigenvalue weighted by Crippen LogP contribution is 2.38. The van der Waals surface area contributed by atoms with Crippen molar-refractivity contribution in [1.82, 2.24) is 0 Å². The molecular formula is C13H20O5. The van der Waals surface area contributed by atoms with Gasteiger partial charge in [-0.15, -0.1) is 0 Å². The predicted octanol–water partition coefficient (Wildman–Crippen LogP) is 1.88. The first kappa shape index (κ1) is 14.6. The van der Waals surface area contributed by atoms with Crippen LogP contribution in [0.25, 0.3) is 0 Å². The van der Waals surface area contributed by atoms with Crippen LogP contribution in [-0.4, -0.2) is 41.8 Å². The number of benzene rings is 1. The monoisotopic (exact) mass is 256 g/mol. The number of hydrogen-bond donors (Lipinski definition) is 0. The number of ether oxygens (including phenoxy) is 5. The average molecular weight is 256 g/mol. The summed E-state index contributed by atoms with van der Waals surface area (Å²) in [5.41, 5.74) is 1.06. The number of methoxy groups -OCH3 is 4. The molecule has 18 heavy (non-hydrogen) atoms. The second-order valence-corrected chi connectivity index (χ2v) is 3.60. The van der Waals surface area contributed by atoms with Crippen LogP contribution in [0, 0.1) is 0 Å². The van der Waals surface area contributed by atoms with Crippen LogP contribution < -0.4 is 14.2 Å². The molecule has 0 fully saturated rings. The lowest BCUT2D eigenvalue weighted by atomic mass is 10.1. The Bertz CT molecular complexity index is 339. The van der Waals surface area contributed by atoms with E-state index in [4.69, 9.17) is 23.7 Å². The Morgan fingerprint density at radius 2 is 1.50 bits per heavy atom. The molecule has 0 saturated carbocycles. The Morgan fingerprint density at radius 3 is 1.94 bits per heavy atom. The molecule has 0 heterocycles. The molecule has 102 valence electrons. The molecule has 0 saturated heterocycles. The van der Waals surface area contributed by atoms with E-state index in [1.54, 1.807) is 28.4 Å². The zero-order chi connectivity index (χ0) is 13.4. The van der Waals surface area contributed by atoms with Gasteiger partial charge in [-0.05, 0) is 24.1 Å². The highest BCUT2D eigenvalue weighted by molar-refractivity contribution is 5.53. The summed E-state index contributed by atoms with van der Waals surface area (Å²) in [7, 11) is 6.38. The predicted molar refractivity (Wildman–Crippen MR) is 67.6 cm³/mol. The van der Waals surface area contributed by atoms with Gasteiger partial charge in [-0.3, -0.25) is 0 Å². The molecule has 0 spiro atoms. The van der Waals surface area contributed by atoms with Crippen molar-refractivity contribution in [1.29, 1.82) is 0 Å². The first-order valence-corrected chi connectivity index (χ1v) is 5.62. The molecule has 0 aliphatic rings. The standard InChI is InChI=1S/C13H20O5/c1-14-9-18-6-5-10-7-11(15-2)13(17-4)12(8-10)16-3/h7-8H,5-6,9H2,1-4H3. The topological polar surface area (TPSA) is 46.2 Å². The van der Waals surface area contributed by atoms with Crippen LogP contribution in [0.4, 0.5) is 0 Å². The quantitative estimate of drug-likeness (QED) is 0.525. The van der Waals surface area contributed by atoms with Crippen molar-refractivity contribution in [2.75, 3.05) is 41.8 Å². The van der Waals surface area contributed by atoms with Crippen LogP contribution >= 0.6 is 0 Å². The highest BCUT2D eigenvalue weighted by atomic mass is 16.7. The summed E-state index contributed by atoms with van der Waals surface area (Å²) in [6.07, 6.45) is 0.750. The fraction of sp³-hybridized carbons (Fsp3) is 0.538. The van der Waals surface area contributed by atoms with Crippen LogP contribution in [0.3, 0.4) is 0 Å². The van der Waals surface area contributed by atoms with Crippen LogP contribution in [0.5, 0.6) is 17.2 Å².